The van der Waals surface area contributed by atoms with Crippen molar-refractivity contribution in [1.82, 2.24) is 4.98 Å². The zero-order valence-electron chi connectivity index (χ0n) is 19.1. The highest BCUT2D eigenvalue weighted by Gasteiger charge is 2.12. The first-order valence-electron chi connectivity index (χ1n) is 11.2. The lowest BCUT2D eigenvalue weighted by atomic mass is 9.99. The average molecular weight is 423 g/mol. The molecule has 4 aromatic rings. The Labute approximate surface area is 191 Å². The highest BCUT2D eigenvalue weighted by Crippen LogP contribution is 2.34. The molecule has 0 spiro atoms. The van der Waals surface area contributed by atoms with Crippen LogP contribution in [0.1, 0.15) is 19.8 Å². The average Bonchev–Trinajstić information content (AvgIpc) is 2.85. The molecule has 0 radical (unpaired) electrons. The van der Waals surface area contributed by atoms with Crippen molar-refractivity contribution in [1.29, 1.82) is 0 Å². The van der Waals surface area contributed by atoms with E-state index in [4.69, 9.17) is 9.72 Å². The molecule has 0 saturated carbocycles. The second kappa shape index (κ2) is 10.1. The maximum Gasteiger partial charge on any atom is 0.128 e. The number of anilines is 1. The van der Waals surface area contributed by atoms with E-state index in [0.29, 0.717) is 6.61 Å². The van der Waals surface area contributed by atoms with E-state index in [9.17, 15) is 0 Å². The third-order valence-corrected chi connectivity index (χ3v) is 5.53. The summed E-state index contributed by atoms with van der Waals surface area (Å²) >= 11 is 0. The van der Waals surface area contributed by atoms with Crippen LogP contribution in [0.4, 0.5) is 5.69 Å². The molecule has 32 heavy (non-hydrogen) atoms. The molecule has 0 N–H and O–H groups in total. The topological polar surface area (TPSA) is 25.4 Å². The molecule has 4 rings (SSSR count). The summed E-state index contributed by atoms with van der Waals surface area (Å²) in [5, 5.41) is 0. The van der Waals surface area contributed by atoms with Crippen LogP contribution in [-0.2, 0) is 0 Å². The fourth-order valence-electron chi connectivity index (χ4n) is 3.67. The van der Waals surface area contributed by atoms with Gasteiger partial charge in [0.15, 0.2) is 0 Å². The van der Waals surface area contributed by atoms with Gasteiger partial charge < -0.3 is 9.64 Å². The van der Waals surface area contributed by atoms with E-state index in [2.05, 4.69) is 92.6 Å². The fourth-order valence-corrected chi connectivity index (χ4v) is 3.67. The maximum absolute atomic E-state index is 6.12. The summed E-state index contributed by atoms with van der Waals surface area (Å²) in [6.07, 6.45) is 2.15. The predicted molar refractivity (Wildman–Crippen MR) is 135 cm³/mol. The second-order valence-corrected chi connectivity index (χ2v) is 8.13. The highest BCUT2D eigenvalue weighted by atomic mass is 16.5. The Morgan fingerprint density at radius 2 is 1.41 bits per heavy atom. The molecule has 1 aromatic heterocycles. The number of hydrogen-bond donors (Lipinski definition) is 0. The number of benzene rings is 3. The Bertz CT molecular complexity index is 1150. The van der Waals surface area contributed by atoms with E-state index in [-0.39, 0.29) is 0 Å². The summed E-state index contributed by atoms with van der Waals surface area (Å²) in [6.45, 7) is 2.89. The number of unbranched alkanes of at least 4 members (excludes halogenated alkanes) is 1. The molecule has 0 saturated heterocycles. The van der Waals surface area contributed by atoms with Crippen LogP contribution < -0.4 is 9.64 Å². The Kier molecular flexibility index (Phi) is 6.86. The molecule has 0 atom stereocenters. The molecule has 3 aromatic carbocycles. The Hall–Kier alpha value is -3.59. The van der Waals surface area contributed by atoms with Crippen molar-refractivity contribution < 1.29 is 4.74 Å². The lowest BCUT2D eigenvalue weighted by molar-refractivity contribution is 0.310. The van der Waals surface area contributed by atoms with Crippen molar-refractivity contribution in [2.75, 3.05) is 25.6 Å². The molecule has 162 valence electrons. The van der Waals surface area contributed by atoms with Gasteiger partial charge in [-0.25, -0.2) is 4.98 Å². The van der Waals surface area contributed by atoms with Gasteiger partial charge in [-0.1, -0.05) is 67.9 Å². The number of nitrogens with zero attached hydrogens (tertiary/aromatic N) is 2. The SMILES string of the molecule is CCCCOc1ccccc1-c1cc(-c2ccc(N(C)C)cc2)cc(-c2ccccc2)n1. The summed E-state index contributed by atoms with van der Waals surface area (Å²) in [6, 6.07) is 31.5. The minimum Gasteiger partial charge on any atom is -0.493 e. The molecule has 0 fully saturated rings. The van der Waals surface area contributed by atoms with Crippen molar-refractivity contribution >= 4 is 5.69 Å². The predicted octanol–water partition coefficient (Wildman–Crippen LogP) is 7.33. The molecule has 3 heteroatoms. The van der Waals surface area contributed by atoms with E-state index < -0.39 is 0 Å². The number of aromatic nitrogens is 1. The lowest BCUT2D eigenvalue weighted by Gasteiger charge is -2.15. The van der Waals surface area contributed by atoms with Gasteiger partial charge in [0.2, 0.25) is 0 Å². The minimum absolute atomic E-state index is 0.713. The molecule has 0 unspecified atom stereocenters. The maximum atomic E-state index is 6.12. The number of rotatable bonds is 8. The first-order chi connectivity index (χ1) is 15.7. The summed E-state index contributed by atoms with van der Waals surface area (Å²) < 4.78 is 6.12. The molecule has 3 nitrogen and oxygen atoms in total. The van der Waals surface area contributed by atoms with Gasteiger partial charge in [0, 0.05) is 30.9 Å². The number of para-hydroxylation sites is 1. The lowest BCUT2D eigenvalue weighted by Crippen LogP contribution is -2.07. The van der Waals surface area contributed by atoms with E-state index in [0.717, 1.165) is 46.7 Å². The molecule has 0 aliphatic rings. The van der Waals surface area contributed by atoms with Crippen LogP contribution in [0.15, 0.2) is 91.0 Å². The first-order valence-corrected chi connectivity index (χ1v) is 11.2. The van der Waals surface area contributed by atoms with Crippen LogP contribution in [-0.4, -0.2) is 25.7 Å². The van der Waals surface area contributed by atoms with Crippen LogP contribution in [0.5, 0.6) is 5.75 Å². The highest BCUT2D eigenvalue weighted by molar-refractivity contribution is 5.79. The Morgan fingerprint density at radius 1 is 0.719 bits per heavy atom. The van der Waals surface area contributed by atoms with Crippen molar-refractivity contribution in [3.63, 3.8) is 0 Å². The van der Waals surface area contributed by atoms with Crippen molar-refractivity contribution in [2.24, 2.45) is 0 Å². The molecule has 0 aliphatic heterocycles. The molecule has 1 heterocycles. The van der Waals surface area contributed by atoms with Gasteiger partial charge in [-0.05, 0) is 53.9 Å². The van der Waals surface area contributed by atoms with Gasteiger partial charge >= 0.3 is 0 Å². The van der Waals surface area contributed by atoms with E-state index in [1.165, 1.54) is 11.3 Å². The molecule has 0 bridgehead atoms. The van der Waals surface area contributed by atoms with E-state index in [1.54, 1.807) is 0 Å². The van der Waals surface area contributed by atoms with Gasteiger partial charge in [0.25, 0.3) is 0 Å². The van der Waals surface area contributed by atoms with Gasteiger partial charge in [-0.2, -0.15) is 0 Å². The van der Waals surface area contributed by atoms with Crippen molar-refractivity contribution in [2.45, 2.75) is 19.8 Å². The van der Waals surface area contributed by atoms with Crippen molar-refractivity contribution in [3.8, 4) is 39.4 Å². The third kappa shape index (κ3) is 5.00. The molecular weight excluding hydrogens is 392 g/mol. The van der Waals surface area contributed by atoms with Gasteiger partial charge in [0.1, 0.15) is 5.75 Å². The largest absolute Gasteiger partial charge is 0.493 e. The van der Waals surface area contributed by atoms with Gasteiger partial charge in [-0.3, -0.25) is 0 Å². The first kappa shape index (κ1) is 21.6. The summed E-state index contributed by atoms with van der Waals surface area (Å²) in [5.74, 6) is 0.882. The number of pyridine rings is 1. The van der Waals surface area contributed by atoms with Gasteiger partial charge in [0.05, 0.1) is 18.0 Å². The number of ether oxygens (including phenoxy) is 1. The zero-order valence-corrected chi connectivity index (χ0v) is 19.1. The van der Waals surface area contributed by atoms with Crippen LogP contribution in [0.2, 0.25) is 0 Å². The normalized spacial score (nSPS) is 10.7. The summed E-state index contributed by atoms with van der Waals surface area (Å²) in [7, 11) is 4.12. The third-order valence-electron chi connectivity index (χ3n) is 5.53. The van der Waals surface area contributed by atoms with Crippen LogP contribution >= 0.6 is 0 Å². The van der Waals surface area contributed by atoms with Crippen LogP contribution in [0.25, 0.3) is 33.6 Å². The second-order valence-electron chi connectivity index (χ2n) is 8.13. The van der Waals surface area contributed by atoms with Crippen molar-refractivity contribution in [3.05, 3.63) is 91.0 Å². The minimum atomic E-state index is 0.713. The Balaban J connectivity index is 1.82. The van der Waals surface area contributed by atoms with E-state index >= 15 is 0 Å². The smallest absolute Gasteiger partial charge is 0.128 e. The van der Waals surface area contributed by atoms with E-state index in [1.807, 2.05) is 24.3 Å². The number of hydrogen-bond acceptors (Lipinski definition) is 3. The van der Waals surface area contributed by atoms with Gasteiger partial charge in [-0.15, -0.1) is 0 Å². The summed E-state index contributed by atoms with van der Waals surface area (Å²) in [4.78, 5) is 7.16. The quantitative estimate of drug-likeness (QED) is 0.278. The van der Waals surface area contributed by atoms with Crippen LogP contribution in [0.3, 0.4) is 0 Å². The zero-order chi connectivity index (χ0) is 22.3. The fraction of sp³-hybridized carbons (Fsp3) is 0.207. The Morgan fingerprint density at radius 3 is 2.12 bits per heavy atom. The monoisotopic (exact) mass is 422 g/mol. The molecule has 0 amide bonds. The molecular formula is C29H30N2O. The molecule has 0 aliphatic carbocycles. The van der Waals surface area contributed by atoms with Crippen LogP contribution in [0, 0.1) is 0 Å². The standard InChI is InChI=1S/C29H30N2O/c1-4-5-19-32-29-14-10-9-13-26(29)28-21-24(22-15-17-25(18-16-22)31(2)3)20-27(30-28)23-11-7-6-8-12-23/h6-18,20-21H,4-5,19H2,1-3H3. The summed E-state index contributed by atoms with van der Waals surface area (Å²) in [5.41, 5.74) is 7.49.